The predicted octanol–water partition coefficient (Wildman–Crippen LogP) is 4.04. The number of carbonyl (C=O) groups excluding carboxylic acids is 2. The van der Waals surface area contributed by atoms with Gasteiger partial charge in [0.25, 0.3) is 0 Å². The summed E-state index contributed by atoms with van der Waals surface area (Å²) in [5.74, 6) is 0.177. The zero-order chi connectivity index (χ0) is 18.5. The molecule has 3 rings (SSSR count). The number of hydrogen-bond donors (Lipinski definition) is 3. The number of aryl methyl sites for hydroxylation is 1. The fraction of sp³-hybridized carbons (Fsp3) is 0.333. The van der Waals surface area contributed by atoms with Gasteiger partial charge in [0.2, 0.25) is 11.8 Å². The topological polar surface area (TPSA) is 70.2 Å². The van der Waals surface area contributed by atoms with Crippen molar-refractivity contribution in [1.29, 1.82) is 0 Å². The number of amides is 2. The molecular formula is C21H25N3O2. The van der Waals surface area contributed by atoms with Gasteiger partial charge in [0.1, 0.15) is 6.04 Å². The molecule has 0 aromatic heterocycles. The molecule has 1 fully saturated rings. The summed E-state index contributed by atoms with van der Waals surface area (Å²) in [6.07, 6.45) is 2.95. The Morgan fingerprint density at radius 3 is 2.04 bits per heavy atom. The van der Waals surface area contributed by atoms with E-state index in [9.17, 15) is 9.59 Å². The smallest absolute Gasteiger partial charge is 0.246 e. The molecule has 2 aromatic rings. The monoisotopic (exact) mass is 351 g/mol. The Morgan fingerprint density at radius 1 is 0.923 bits per heavy atom. The Bertz CT molecular complexity index is 765. The van der Waals surface area contributed by atoms with Gasteiger partial charge in [-0.25, -0.2) is 0 Å². The number of benzene rings is 2. The summed E-state index contributed by atoms with van der Waals surface area (Å²) in [7, 11) is 0. The molecule has 1 atom stereocenters. The van der Waals surface area contributed by atoms with Crippen LogP contribution in [-0.2, 0) is 16.0 Å². The summed E-state index contributed by atoms with van der Waals surface area (Å²) in [5.41, 5.74) is 3.64. The van der Waals surface area contributed by atoms with E-state index in [1.807, 2.05) is 55.5 Å². The number of nitrogens with one attached hydrogen (secondary N) is 3. The van der Waals surface area contributed by atoms with Crippen LogP contribution in [0.4, 0.5) is 17.1 Å². The highest BCUT2D eigenvalue weighted by atomic mass is 16.2. The molecule has 1 aliphatic rings. The molecule has 0 heterocycles. The van der Waals surface area contributed by atoms with Gasteiger partial charge in [0.15, 0.2) is 0 Å². The summed E-state index contributed by atoms with van der Waals surface area (Å²) < 4.78 is 0. The van der Waals surface area contributed by atoms with Crippen molar-refractivity contribution in [3.05, 3.63) is 54.1 Å². The van der Waals surface area contributed by atoms with Crippen LogP contribution in [0.1, 0.15) is 32.3 Å². The van der Waals surface area contributed by atoms with E-state index in [1.54, 1.807) is 0 Å². The van der Waals surface area contributed by atoms with E-state index in [1.165, 1.54) is 5.56 Å². The molecule has 0 spiro atoms. The van der Waals surface area contributed by atoms with Gasteiger partial charge in [-0.2, -0.15) is 0 Å². The molecule has 0 aliphatic heterocycles. The lowest BCUT2D eigenvalue weighted by Crippen LogP contribution is -2.31. The Labute approximate surface area is 154 Å². The van der Waals surface area contributed by atoms with E-state index >= 15 is 0 Å². The molecule has 2 aromatic carbocycles. The lowest BCUT2D eigenvalue weighted by molar-refractivity contribution is -0.117. The van der Waals surface area contributed by atoms with Gasteiger partial charge < -0.3 is 16.0 Å². The Hall–Kier alpha value is -2.82. The average molecular weight is 351 g/mol. The summed E-state index contributed by atoms with van der Waals surface area (Å²) in [6.45, 7) is 3.92. The quantitative estimate of drug-likeness (QED) is 0.705. The summed E-state index contributed by atoms with van der Waals surface area (Å²) >= 11 is 0. The van der Waals surface area contributed by atoms with Crippen molar-refractivity contribution in [1.82, 2.24) is 0 Å². The molecule has 26 heavy (non-hydrogen) atoms. The first-order chi connectivity index (χ1) is 12.5. The second kappa shape index (κ2) is 8.04. The minimum absolute atomic E-state index is 0.0903. The third-order valence-corrected chi connectivity index (χ3v) is 4.51. The van der Waals surface area contributed by atoms with Gasteiger partial charge in [0, 0.05) is 23.0 Å². The first kappa shape index (κ1) is 18.0. The van der Waals surface area contributed by atoms with Crippen LogP contribution in [0.2, 0.25) is 0 Å². The van der Waals surface area contributed by atoms with Crippen LogP contribution in [0, 0.1) is 5.92 Å². The van der Waals surface area contributed by atoms with Crippen LogP contribution < -0.4 is 16.0 Å². The largest absolute Gasteiger partial charge is 0.374 e. The van der Waals surface area contributed by atoms with Gasteiger partial charge in [-0.3, -0.25) is 9.59 Å². The van der Waals surface area contributed by atoms with Crippen LogP contribution in [-0.4, -0.2) is 17.9 Å². The summed E-state index contributed by atoms with van der Waals surface area (Å²) in [4.78, 5) is 24.1. The average Bonchev–Trinajstić information content (AvgIpc) is 3.49. The highest BCUT2D eigenvalue weighted by molar-refractivity contribution is 5.96. The standard InChI is InChI=1S/C21H25N3O2/c1-3-15-4-8-18(9-5-15)23-20(25)14(2)22-17-10-12-19(13-11-17)24-21(26)16-6-7-16/h4-5,8-14,16,22H,3,6-7H2,1-2H3,(H,23,25)(H,24,26). The van der Waals surface area contributed by atoms with Gasteiger partial charge >= 0.3 is 0 Å². The third-order valence-electron chi connectivity index (χ3n) is 4.51. The fourth-order valence-electron chi connectivity index (χ4n) is 2.63. The normalized spacial score (nSPS) is 14.4. The second-order valence-corrected chi connectivity index (χ2v) is 6.75. The highest BCUT2D eigenvalue weighted by Gasteiger charge is 2.29. The molecule has 1 saturated carbocycles. The number of rotatable bonds is 7. The van der Waals surface area contributed by atoms with Gasteiger partial charge in [-0.15, -0.1) is 0 Å². The van der Waals surface area contributed by atoms with Crippen molar-refractivity contribution < 1.29 is 9.59 Å². The van der Waals surface area contributed by atoms with Crippen molar-refractivity contribution in [3.63, 3.8) is 0 Å². The molecular weight excluding hydrogens is 326 g/mol. The Balaban J connectivity index is 1.51. The number of hydrogen-bond acceptors (Lipinski definition) is 3. The third kappa shape index (κ3) is 4.85. The first-order valence-corrected chi connectivity index (χ1v) is 9.12. The van der Waals surface area contributed by atoms with E-state index in [2.05, 4.69) is 22.9 Å². The van der Waals surface area contributed by atoms with E-state index in [0.717, 1.165) is 36.3 Å². The van der Waals surface area contributed by atoms with Gasteiger partial charge in [-0.05, 0) is 68.1 Å². The Kier molecular flexibility index (Phi) is 5.56. The van der Waals surface area contributed by atoms with Crippen molar-refractivity contribution in [2.24, 2.45) is 5.92 Å². The number of anilines is 3. The molecule has 5 nitrogen and oxygen atoms in total. The zero-order valence-corrected chi connectivity index (χ0v) is 15.2. The lowest BCUT2D eigenvalue weighted by Gasteiger charge is -2.16. The minimum Gasteiger partial charge on any atom is -0.374 e. The van der Waals surface area contributed by atoms with Crippen molar-refractivity contribution in [2.45, 2.75) is 39.2 Å². The molecule has 3 N–H and O–H groups in total. The highest BCUT2D eigenvalue weighted by Crippen LogP contribution is 2.30. The number of carbonyl (C=O) groups is 2. The molecule has 1 unspecified atom stereocenters. The maximum Gasteiger partial charge on any atom is 0.246 e. The van der Waals surface area contributed by atoms with Crippen LogP contribution >= 0.6 is 0 Å². The van der Waals surface area contributed by atoms with Crippen molar-refractivity contribution in [3.8, 4) is 0 Å². The van der Waals surface area contributed by atoms with Crippen molar-refractivity contribution >= 4 is 28.9 Å². The second-order valence-electron chi connectivity index (χ2n) is 6.75. The minimum atomic E-state index is -0.382. The van der Waals surface area contributed by atoms with Gasteiger partial charge in [0.05, 0.1) is 0 Å². The van der Waals surface area contributed by atoms with E-state index in [0.29, 0.717) is 0 Å². The lowest BCUT2D eigenvalue weighted by atomic mass is 10.1. The van der Waals surface area contributed by atoms with E-state index in [-0.39, 0.29) is 23.8 Å². The Morgan fingerprint density at radius 2 is 1.46 bits per heavy atom. The maximum atomic E-state index is 12.3. The predicted molar refractivity (Wildman–Crippen MR) is 105 cm³/mol. The molecule has 0 radical (unpaired) electrons. The summed E-state index contributed by atoms with van der Waals surface area (Å²) in [5, 5.41) is 8.99. The SMILES string of the molecule is CCc1ccc(NC(=O)C(C)Nc2ccc(NC(=O)C3CC3)cc2)cc1. The van der Waals surface area contributed by atoms with Crippen molar-refractivity contribution in [2.75, 3.05) is 16.0 Å². The zero-order valence-electron chi connectivity index (χ0n) is 15.2. The molecule has 2 amide bonds. The van der Waals surface area contributed by atoms with E-state index in [4.69, 9.17) is 0 Å². The molecule has 1 aliphatic carbocycles. The molecule has 0 bridgehead atoms. The summed E-state index contributed by atoms with van der Waals surface area (Å²) in [6, 6.07) is 14.9. The van der Waals surface area contributed by atoms with Crippen LogP contribution in [0.5, 0.6) is 0 Å². The van der Waals surface area contributed by atoms with Crippen LogP contribution in [0.15, 0.2) is 48.5 Å². The fourth-order valence-corrected chi connectivity index (χ4v) is 2.63. The van der Waals surface area contributed by atoms with Crippen LogP contribution in [0.3, 0.4) is 0 Å². The van der Waals surface area contributed by atoms with E-state index < -0.39 is 0 Å². The first-order valence-electron chi connectivity index (χ1n) is 9.12. The molecule has 136 valence electrons. The maximum absolute atomic E-state index is 12.3. The van der Waals surface area contributed by atoms with Crippen LogP contribution in [0.25, 0.3) is 0 Å². The van der Waals surface area contributed by atoms with Gasteiger partial charge in [-0.1, -0.05) is 19.1 Å². The molecule has 5 heteroatoms. The molecule has 0 saturated heterocycles.